The van der Waals surface area contributed by atoms with Crippen molar-refractivity contribution in [2.75, 3.05) is 19.0 Å². The van der Waals surface area contributed by atoms with Crippen molar-refractivity contribution in [1.82, 2.24) is 4.90 Å². The Morgan fingerprint density at radius 1 is 1.33 bits per heavy atom. The fourth-order valence-corrected chi connectivity index (χ4v) is 2.27. The lowest BCUT2D eigenvalue weighted by atomic mass is 10.0. The molecule has 4 nitrogen and oxygen atoms in total. The Morgan fingerprint density at radius 3 is 2.67 bits per heavy atom. The fraction of sp³-hybridized carbons (Fsp3) is 0.500. The number of carbonyl (C=O) groups is 1. The van der Waals surface area contributed by atoms with E-state index in [4.69, 9.17) is 4.74 Å². The van der Waals surface area contributed by atoms with Crippen LogP contribution in [0.2, 0.25) is 0 Å². The number of methoxy groups -OCH3 is 1. The molecule has 0 aromatic heterocycles. The maximum Gasteiger partial charge on any atom is 0.322 e. The topological polar surface area (TPSA) is 41.6 Å². The number of piperidine rings is 1. The summed E-state index contributed by atoms with van der Waals surface area (Å²) in [5, 5.41) is 2.92. The lowest BCUT2D eigenvalue weighted by Crippen LogP contribution is -2.44. The van der Waals surface area contributed by atoms with Gasteiger partial charge in [-0.2, -0.15) is 0 Å². The van der Waals surface area contributed by atoms with Crippen molar-refractivity contribution in [3.05, 3.63) is 24.3 Å². The molecule has 0 radical (unpaired) electrons. The molecule has 1 heterocycles. The van der Waals surface area contributed by atoms with Gasteiger partial charge in [0.15, 0.2) is 0 Å². The number of hydrogen-bond donors (Lipinski definition) is 1. The molecule has 1 aliphatic rings. The van der Waals surface area contributed by atoms with Crippen LogP contribution in [0.1, 0.15) is 26.2 Å². The second-order valence-electron chi connectivity index (χ2n) is 4.70. The van der Waals surface area contributed by atoms with Crippen LogP contribution in [0, 0.1) is 0 Å². The van der Waals surface area contributed by atoms with Gasteiger partial charge in [-0.3, -0.25) is 0 Å². The van der Waals surface area contributed by atoms with Crippen molar-refractivity contribution >= 4 is 11.7 Å². The number of likely N-dealkylation sites (tertiary alicyclic amines) is 1. The number of hydrogen-bond acceptors (Lipinski definition) is 2. The maximum atomic E-state index is 12.1. The van der Waals surface area contributed by atoms with E-state index in [-0.39, 0.29) is 6.03 Å². The van der Waals surface area contributed by atoms with Gasteiger partial charge in [0.1, 0.15) is 5.75 Å². The Morgan fingerprint density at radius 2 is 2.06 bits per heavy atom. The van der Waals surface area contributed by atoms with Crippen LogP contribution in [-0.4, -0.2) is 30.6 Å². The van der Waals surface area contributed by atoms with Crippen LogP contribution in [0.25, 0.3) is 0 Å². The molecule has 1 aromatic rings. The van der Waals surface area contributed by atoms with Crippen molar-refractivity contribution in [3.63, 3.8) is 0 Å². The molecule has 0 saturated carbocycles. The molecule has 1 N–H and O–H groups in total. The minimum atomic E-state index is -0.00707. The van der Waals surface area contributed by atoms with Crippen LogP contribution in [0.4, 0.5) is 10.5 Å². The number of nitrogens with zero attached hydrogens (tertiary/aromatic N) is 1. The summed E-state index contributed by atoms with van der Waals surface area (Å²) in [6, 6.07) is 7.71. The molecule has 0 aliphatic carbocycles. The molecule has 98 valence electrons. The number of rotatable bonds is 2. The summed E-state index contributed by atoms with van der Waals surface area (Å²) in [4.78, 5) is 14.0. The zero-order valence-corrected chi connectivity index (χ0v) is 11.0. The van der Waals surface area contributed by atoms with Crippen molar-refractivity contribution in [2.24, 2.45) is 0 Å². The van der Waals surface area contributed by atoms with Crippen LogP contribution < -0.4 is 10.1 Å². The van der Waals surface area contributed by atoms with Crippen molar-refractivity contribution in [2.45, 2.75) is 32.2 Å². The van der Waals surface area contributed by atoms with Gasteiger partial charge in [0.2, 0.25) is 0 Å². The first-order chi connectivity index (χ1) is 8.70. The van der Waals surface area contributed by atoms with Crippen molar-refractivity contribution in [3.8, 4) is 5.75 Å². The highest BCUT2D eigenvalue weighted by Crippen LogP contribution is 2.19. The molecule has 4 heteroatoms. The van der Waals surface area contributed by atoms with Gasteiger partial charge in [0.05, 0.1) is 7.11 Å². The zero-order valence-electron chi connectivity index (χ0n) is 11.0. The van der Waals surface area contributed by atoms with E-state index in [9.17, 15) is 4.79 Å². The second-order valence-corrected chi connectivity index (χ2v) is 4.70. The first kappa shape index (κ1) is 12.7. The number of amides is 2. The van der Waals surface area contributed by atoms with Gasteiger partial charge in [-0.05, 0) is 50.5 Å². The SMILES string of the molecule is COc1ccc(NC(=O)N2CCCCC2C)cc1. The molecule has 2 rings (SSSR count). The van der Waals surface area contributed by atoms with Crippen LogP contribution in [0.3, 0.4) is 0 Å². The largest absolute Gasteiger partial charge is 0.497 e. The minimum absolute atomic E-state index is 0.00707. The summed E-state index contributed by atoms with van der Waals surface area (Å²) in [6.07, 6.45) is 3.41. The highest BCUT2D eigenvalue weighted by molar-refractivity contribution is 5.89. The average Bonchev–Trinajstić information content (AvgIpc) is 2.40. The van der Waals surface area contributed by atoms with E-state index >= 15 is 0 Å². The quantitative estimate of drug-likeness (QED) is 0.873. The number of anilines is 1. The van der Waals surface area contributed by atoms with Crippen LogP contribution in [0.5, 0.6) is 5.75 Å². The zero-order chi connectivity index (χ0) is 13.0. The third-order valence-electron chi connectivity index (χ3n) is 3.41. The van der Waals surface area contributed by atoms with Crippen LogP contribution in [-0.2, 0) is 0 Å². The number of carbonyl (C=O) groups excluding carboxylic acids is 1. The van der Waals surface area contributed by atoms with Gasteiger partial charge in [-0.1, -0.05) is 0 Å². The van der Waals surface area contributed by atoms with Crippen LogP contribution >= 0.6 is 0 Å². The predicted octanol–water partition coefficient (Wildman–Crippen LogP) is 3.10. The molecule has 1 aromatic carbocycles. The summed E-state index contributed by atoms with van der Waals surface area (Å²) in [5.74, 6) is 0.791. The van der Waals surface area contributed by atoms with E-state index in [1.54, 1.807) is 7.11 Å². The van der Waals surface area contributed by atoms with Crippen molar-refractivity contribution in [1.29, 1.82) is 0 Å². The molecule has 0 spiro atoms. The van der Waals surface area contributed by atoms with E-state index in [2.05, 4.69) is 12.2 Å². The smallest absolute Gasteiger partial charge is 0.322 e. The van der Waals surface area contributed by atoms with Gasteiger partial charge in [0.25, 0.3) is 0 Å². The summed E-state index contributed by atoms with van der Waals surface area (Å²) < 4.78 is 5.08. The van der Waals surface area contributed by atoms with E-state index in [0.29, 0.717) is 6.04 Å². The Hall–Kier alpha value is -1.71. The molecule has 0 bridgehead atoms. The second kappa shape index (κ2) is 5.76. The van der Waals surface area contributed by atoms with Gasteiger partial charge in [0, 0.05) is 18.3 Å². The Labute approximate surface area is 108 Å². The Balaban J connectivity index is 1.97. The summed E-state index contributed by atoms with van der Waals surface area (Å²) in [6.45, 7) is 2.95. The maximum absolute atomic E-state index is 12.1. The summed E-state index contributed by atoms with van der Waals surface area (Å²) >= 11 is 0. The minimum Gasteiger partial charge on any atom is -0.497 e. The Kier molecular flexibility index (Phi) is 4.07. The monoisotopic (exact) mass is 248 g/mol. The standard InChI is InChI=1S/C14H20N2O2/c1-11-5-3-4-10-16(11)14(17)15-12-6-8-13(18-2)9-7-12/h6-9,11H,3-5,10H2,1-2H3,(H,15,17). The average molecular weight is 248 g/mol. The summed E-state index contributed by atoms with van der Waals surface area (Å²) in [5.41, 5.74) is 0.804. The molecule has 1 aliphatic heterocycles. The van der Waals surface area contributed by atoms with E-state index in [1.807, 2.05) is 29.2 Å². The van der Waals surface area contributed by atoms with E-state index in [0.717, 1.165) is 30.8 Å². The van der Waals surface area contributed by atoms with Gasteiger partial charge in [-0.25, -0.2) is 4.79 Å². The van der Waals surface area contributed by atoms with Gasteiger partial charge < -0.3 is 15.0 Å². The highest BCUT2D eigenvalue weighted by atomic mass is 16.5. The van der Waals surface area contributed by atoms with Crippen LogP contribution in [0.15, 0.2) is 24.3 Å². The van der Waals surface area contributed by atoms with Gasteiger partial charge >= 0.3 is 6.03 Å². The van der Waals surface area contributed by atoms with E-state index in [1.165, 1.54) is 6.42 Å². The molecule has 2 amide bonds. The summed E-state index contributed by atoms with van der Waals surface area (Å²) in [7, 11) is 1.63. The van der Waals surface area contributed by atoms with E-state index < -0.39 is 0 Å². The molecular formula is C14H20N2O2. The molecule has 18 heavy (non-hydrogen) atoms. The molecule has 1 fully saturated rings. The molecular weight excluding hydrogens is 228 g/mol. The molecule has 1 atom stereocenters. The first-order valence-corrected chi connectivity index (χ1v) is 6.42. The lowest BCUT2D eigenvalue weighted by Gasteiger charge is -2.33. The normalized spacial score (nSPS) is 19.4. The Bertz CT molecular complexity index is 403. The molecule has 1 saturated heterocycles. The predicted molar refractivity (Wildman–Crippen MR) is 72.0 cm³/mol. The third-order valence-corrected chi connectivity index (χ3v) is 3.41. The lowest BCUT2D eigenvalue weighted by molar-refractivity contribution is 0.170. The number of ether oxygens (including phenoxy) is 1. The number of nitrogens with one attached hydrogen (secondary N) is 1. The van der Waals surface area contributed by atoms with Gasteiger partial charge in [-0.15, -0.1) is 0 Å². The third kappa shape index (κ3) is 2.94. The highest BCUT2D eigenvalue weighted by Gasteiger charge is 2.22. The van der Waals surface area contributed by atoms with Crippen molar-refractivity contribution < 1.29 is 9.53 Å². The fourth-order valence-electron chi connectivity index (χ4n) is 2.27. The first-order valence-electron chi connectivity index (χ1n) is 6.42. The molecule has 1 unspecified atom stereocenters. The number of urea groups is 1. The number of benzene rings is 1.